The average Bonchev–Trinajstić information content (AvgIpc) is 3.31. The van der Waals surface area contributed by atoms with E-state index in [0.717, 1.165) is 31.2 Å². The molecule has 118 valence electrons. The van der Waals surface area contributed by atoms with Gasteiger partial charge in [0.15, 0.2) is 6.10 Å². The maximum Gasteiger partial charge on any atom is 0.311 e. The third-order valence-corrected chi connectivity index (χ3v) is 4.36. The van der Waals surface area contributed by atoms with E-state index >= 15 is 0 Å². The van der Waals surface area contributed by atoms with E-state index in [0.29, 0.717) is 0 Å². The summed E-state index contributed by atoms with van der Waals surface area (Å²) in [7, 11) is 0. The van der Waals surface area contributed by atoms with Gasteiger partial charge in [-0.3, -0.25) is 9.59 Å². The molecule has 1 amide bonds. The molecule has 0 heterocycles. The van der Waals surface area contributed by atoms with E-state index in [9.17, 15) is 9.59 Å². The van der Waals surface area contributed by atoms with Gasteiger partial charge < -0.3 is 10.1 Å². The van der Waals surface area contributed by atoms with Crippen LogP contribution in [-0.4, -0.2) is 24.0 Å². The number of aryl methyl sites for hydroxylation is 2. The summed E-state index contributed by atoms with van der Waals surface area (Å²) in [6, 6.07) is 6.53. The summed E-state index contributed by atoms with van der Waals surface area (Å²) in [5, 5.41) is 2.85. The predicted molar refractivity (Wildman–Crippen MR) is 83.5 cm³/mol. The quantitative estimate of drug-likeness (QED) is 0.849. The van der Waals surface area contributed by atoms with Crippen LogP contribution in [0, 0.1) is 0 Å². The Bertz CT molecular complexity index is 578. The van der Waals surface area contributed by atoms with Crippen LogP contribution in [0.5, 0.6) is 0 Å². The highest BCUT2D eigenvalue weighted by atomic mass is 16.5. The standard InChI is InChI=1S/C18H23NO3/c1-12(18(21)19-16-8-9-16)22-17(20)11-13-6-7-14-4-2-3-5-15(14)10-13/h6-7,10,12,16H,2-5,8-9,11H2,1H3,(H,19,21)/t12-/m0/s1. The Morgan fingerprint density at radius 1 is 1.23 bits per heavy atom. The van der Waals surface area contributed by atoms with Crippen molar-refractivity contribution >= 4 is 11.9 Å². The van der Waals surface area contributed by atoms with Gasteiger partial charge in [-0.15, -0.1) is 0 Å². The van der Waals surface area contributed by atoms with E-state index in [1.807, 2.05) is 6.07 Å². The first-order valence-electron chi connectivity index (χ1n) is 8.22. The smallest absolute Gasteiger partial charge is 0.311 e. The number of esters is 1. The van der Waals surface area contributed by atoms with Gasteiger partial charge in [0.2, 0.25) is 0 Å². The summed E-state index contributed by atoms with van der Waals surface area (Å²) < 4.78 is 5.24. The fraction of sp³-hybridized carbons (Fsp3) is 0.556. The zero-order valence-corrected chi connectivity index (χ0v) is 13.1. The van der Waals surface area contributed by atoms with Crippen LogP contribution in [0.1, 0.15) is 49.3 Å². The first kappa shape index (κ1) is 15.1. The molecule has 0 aliphatic heterocycles. The van der Waals surface area contributed by atoms with Crippen molar-refractivity contribution in [1.82, 2.24) is 5.32 Å². The Morgan fingerprint density at radius 3 is 2.68 bits per heavy atom. The van der Waals surface area contributed by atoms with Crippen LogP contribution in [0.3, 0.4) is 0 Å². The molecule has 22 heavy (non-hydrogen) atoms. The number of nitrogens with one attached hydrogen (secondary N) is 1. The van der Waals surface area contributed by atoms with Gasteiger partial charge in [0.05, 0.1) is 6.42 Å². The second-order valence-corrected chi connectivity index (χ2v) is 6.40. The first-order chi connectivity index (χ1) is 10.6. The highest BCUT2D eigenvalue weighted by Gasteiger charge is 2.27. The van der Waals surface area contributed by atoms with Crippen LogP contribution in [0.25, 0.3) is 0 Å². The molecule has 3 rings (SSSR count). The molecule has 1 fully saturated rings. The van der Waals surface area contributed by atoms with E-state index in [2.05, 4.69) is 17.4 Å². The van der Waals surface area contributed by atoms with Crippen molar-refractivity contribution in [2.45, 2.75) is 64.0 Å². The number of hydrogen-bond donors (Lipinski definition) is 1. The average molecular weight is 301 g/mol. The van der Waals surface area contributed by atoms with Crippen LogP contribution in [-0.2, 0) is 33.6 Å². The molecule has 0 unspecified atom stereocenters. The van der Waals surface area contributed by atoms with E-state index in [1.54, 1.807) is 6.92 Å². The van der Waals surface area contributed by atoms with Gasteiger partial charge in [0.25, 0.3) is 5.91 Å². The predicted octanol–water partition coefficient (Wildman–Crippen LogP) is 2.32. The minimum Gasteiger partial charge on any atom is -0.452 e. The lowest BCUT2D eigenvalue weighted by Gasteiger charge is -2.17. The normalized spacial score (nSPS) is 18.2. The summed E-state index contributed by atoms with van der Waals surface area (Å²) in [6.07, 6.45) is 6.28. The fourth-order valence-electron chi connectivity index (χ4n) is 2.90. The number of benzene rings is 1. The Labute approximate surface area is 131 Å². The highest BCUT2D eigenvalue weighted by molar-refractivity contribution is 5.84. The molecular formula is C18H23NO3. The fourth-order valence-corrected chi connectivity index (χ4v) is 2.90. The molecule has 4 heteroatoms. The van der Waals surface area contributed by atoms with Crippen LogP contribution in [0.4, 0.5) is 0 Å². The number of carbonyl (C=O) groups excluding carboxylic acids is 2. The summed E-state index contributed by atoms with van der Waals surface area (Å²) in [6.45, 7) is 1.63. The van der Waals surface area contributed by atoms with Gasteiger partial charge in [-0.2, -0.15) is 0 Å². The zero-order chi connectivity index (χ0) is 15.5. The summed E-state index contributed by atoms with van der Waals surface area (Å²) in [4.78, 5) is 23.8. The molecule has 1 saturated carbocycles. The molecule has 0 spiro atoms. The molecule has 1 N–H and O–H groups in total. The number of hydrogen-bond acceptors (Lipinski definition) is 3. The molecule has 0 saturated heterocycles. The second-order valence-electron chi connectivity index (χ2n) is 6.40. The Kier molecular flexibility index (Phi) is 4.46. The maximum atomic E-state index is 12.0. The van der Waals surface area contributed by atoms with Gasteiger partial charge in [-0.25, -0.2) is 0 Å². The second kappa shape index (κ2) is 6.51. The van der Waals surface area contributed by atoms with Crippen molar-refractivity contribution in [3.8, 4) is 0 Å². The summed E-state index contributed by atoms with van der Waals surface area (Å²) >= 11 is 0. The van der Waals surface area contributed by atoms with Gasteiger partial charge in [-0.05, 0) is 62.1 Å². The molecular weight excluding hydrogens is 278 g/mol. The van der Waals surface area contributed by atoms with E-state index in [1.165, 1.54) is 24.0 Å². The number of amides is 1. The van der Waals surface area contributed by atoms with E-state index in [-0.39, 0.29) is 24.3 Å². The Balaban J connectivity index is 1.53. The topological polar surface area (TPSA) is 55.4 Å². The van der Waals surface area contributed by atoms with Crippen molar-refractivity contribution in [1.29, 1.82) is 0 Å². The Morgan fingerprint density at radius 2 is 1.95 bits per heavy atom. The number of ether oxygens (including phenoxy) is 1. The van der Waals surface area contributed by atoms with Gasteiger partial charge in [0.1, 0.15) is 0 Å². The molecule has 1 aromatic carbocycles. The van der Waals surface area contributed by atoms with Crippen molar-refractivity contribution in [3.05, 3.63) is 34.9 Å². The maximum absolute atomic E-state index is 12.0. The van der Waals surface area contributed by atoms with Gasteiger partial charge >= 0.3 is 5.97 Å². The largest absolute Gasteiger partial charge is 0.452 e. The van der Waals surface area contributed by atoms with E-state index in [4.69, 9.17) is 4.74 Å². The van der Waals surface area contributed by atoms with Gasteiger partial charge in [-0.1, -0.05) is 18.2 Å². The lowest BCUT2D eigenvalue weighted by Crippen LogP contribution is -2.37. The number of rotatable bonds is 5. The Hall–Kier alpha value is -1.84. The molecule has 1 aromatic rings. The van der Waals surface area contributed by atoms with Crippen LogP contribution in [0.2, 0.25) is 0 Å². The molecule has 0 bridgehead atoms. The highest BCUT2D eigenvalue weighted by Crippen LogP contribution is 2.22. The molecule has 4 nitrogen and oxygen atoms in total. The van der Waals surface area contributed by atoms with Crippen LogP contribution in [0.15, 0.2) is 18.2 Å². The summed E-state index contributed by atoms with van der Waals surface area (Å²) in [5.74, 6) is -0.532. The van der Waals surface area contributed by atoms with E-state index < -0.39 is 6.10 Å². The number of fused-ring (bicyclic) bond motifs is 1. The number of carbonyl (C=O) groups is 2. The molecule has 2 aliphatic rings. The molecule has 0 aromatic heterocycles. The molecule has 2 aliphatic carbocycles. The van der Waals surface area contributed by atoms with Crippen LogP contribution >= 0.6 is 0 Å². The summed E-state index contributed by atoms with van der Waals surface area (Å²) in [5.41, 5.74) is 3.73. The SMILES string of the molecule is C[C@H](OC(=O)Cc1ccc2c(c1)CCCC2)C(=O)NC1CC1. The minimum absolute atomic E-state index is 0.193. The lowest BCUT2D eigenvalue weighted by molar-refractivity contribution is -0.154. The zero-order valence-electron chi connectivity index (χ0n) is 13.1. The molecule has 0 radical (unpaired) electrons. The third kappa shape index (κ3) is 3.87. The molecule has 1 atom stereocenters. The van der Waals surface area contributed by atoms with Gasteiger partial charge in [0, 0.05) is 6.04 Å². The van der Waals surface area contributed by atoms with Crippen molar-refractivity contribution in [3.63, 3.8) is 0 Å². The van der Waals surface area contributed by atoms with Crippen molar-refractivity contribution < 1.29 is 14.3 Å². The third-order valence-electron chi connectivity index (χ3n) is 4.36. The lowest BCUT2D eigenvalue weighted by atomic mass is 9.90. The van der Waals surface area contributed by atoms with Crippen molar-refractivity contribution in [2.75, 3.05) is 0 Å². The minimum atomic E-state index is -0.717. The van der Waals surface area contributed by atoms with Crippen molar-refractivity contribution in [2.24, 2.45) is 0 Å². The monoisotopic (exact) mass is 301 g/mol. The first-order valence-corrected chi connectivity index (χ1v) is 8.22. The van der Waals surface area contributed by atoms with Crippen LogP contribution < -0.4 is 5.32 Å².